The highest BCUT2D eigenvalue weighted by Gasteiger charge is 2.31. The molecule has 0 aromatic carbocycles. The van der Waals surface area contributed by atoms with Crippen molar-refractivity contribution < 1.29 is 18.9 Å². The van der Waals surface area contributed by atoms with Gasteiger partial charge in [0.15, 0.2) is 0 Å². The molecule has 1 aliphatic heterocycles. The molecule has 2 heterocycles. The molecular formula is C14H20N4O4. The Bertz CT molecular complexity index is 583. The molecule has 0 saturated carbocycles. The zero-order chi connectivity index (χ0) is 16.3. The van der Waals surface area contributed by atoms with Gasteiger partial charge >= 0.3 is 0 Å². The number of hydrogen-bond donors (Lipinski definition) is 1. The van der Waals surface area contributed by atoms with Crippen LogP contribution in [0.4, 0.5) is 0 Å². The predicted octanol–water partition coefficient (Wildman–Crippen LogP) is -0.357. The molecule has 1 aromatic rings. The van der Waals surface area contributed by atoms with Gasteiger partial charge in [0.2, 0.25) is 17.6 Å². The van der Waals surface area contributed by atoms with Gasteiger partial charge in [-0.25, -0.2) is 0 Å². The second kappa shape index (κ2) is 6.59. The lowest BCUT2D eigenvalue weighted by Gasteiger charge is -2.20. The van der Waals surface area contributed by atoms with Crippen molar-refractivity contribution in [3.05, 3.63) is 17.5 Å². The van der Waals surface area contributed by atoms with Gasteiger partial charge in [-0.2, -0.15) is 0 Å². The average molecular weight is 308 g/mol. The molecule has 0 bridgehead atoms. The van der Waals surface area contributed by atoms with Gasteiger partial charge in [-0.3, -0.25) is 14.4 Å². The van der Waals surface area contributed by atoms with Crippen LogP contribution in [0.3, 0.4) is 0 Å². The van der Waals surface area contributed by atoms with Crippen molar-refractivity contribution in [3.63, 3.8) is 0 Å². The van der Waals surface area contributed by atoms with Crippen molar-refractivity contribution in [1.29, 1.82) is 0 Å². The summed E-state index contributed by atoms with van der Waals surface area (Å²) in [6.45, 7) is 4.42. The third kappa shape index (κ3) is 3.44. The zero-order valence-electron chi connectivity index (χ0n) is 12.7. The molecule has 1 aliphatic rings. The fourth-order valence-corrected chi connectivity index (χ4v) is 2.40. The van der Waals surface area contributed by atoms with E-state index in [1.54, 1.807) is 6.07 Å². The summed E-state index contributed by atoms with van der Waals surface area (Å²) < 4.78 is 5.04. The fourth-order valence-electron chi connectivity index (χ4n) is 2.40. The van der Waals surface area contributed by atoms with E-state index in [0.717, 1.165) is 0 Å². The Morgan fingerprint density at radius 1 is 1.32 bits per heavy atom. The molecule has 2 rings (SSSR count). The van der Waals surface area contributed by atoms with Crippen molar-refractivity contribution in [1.82, 2.24) is 15.0 Å². The van der Waals surface area contributed by atoms with E-state index in [0.29, 0.717) is 25.2 Å². The number of amides is 3. The molecule has 1 fully saturated rings. The Hall–Kier alpha value is -2.38. The monoisotopic (exact) mass is 308 g/mol. The molecule has 0 aliphatic carbocycles. The third-order valence-corrected chi connectivity index (χ3v) is 3.79. The number of aromatic nitrogens is 1. The van der Waals surface area contributed by atoms with Crippen LogP contribution < -0.4 is 5.73 Å². The van der Waals surface area contributed by atoms with Gasteiger partial charge in [0.1, 0.15) is 0 Å². The van der Waals surface area contributed by atoms with Crippen LogP contribution in [0.1, 0.15) is 30.1 Å². The normalized spacial score (nSPS) is 18.9. The molecular weight excluding hydrogens is 288 g/mol. The van der Waals surface area contributed by atoms with Gasteiger partial charge in [-0.05, 0) is 6.42 Å². The highest BCUT2D eigenvalue weighted by Crippen LogP contribution is 2.14. The second-order valence-electron chi connectivity index (χ2n) is 5.35. The van der Waals surface area contributed by atoms with E-state index >= 15 is 0 Å². The molecule has 1 saturated heterocycles. The van der Waals surface area contributed by atoms with Crippen LogP contribution in [-0.2, 0) is 16.0 Å². The number of carbonyl (C=O) groups excluding carboxylic acids is 3. The largest absolute Gasteiger partial charge is 0.369 e. The van der Waals surface area contributed by atoms with Crippen LogP contribution in [0.2, 0.25) is 0 Å². The topological polar surface area (TPSA) is 110 Å². The van der Waals surface area contributed by atoms with E-state index in [9.17, 15) is 14.4 Å². The quantitative estimate of drug-likeness (QED) is 0.820. The lowest BCUT2D eigenvalue weighted by molar-refractivity contribution is -0.130. The van der Waals surface area contributed by atoms with E-state index in [2.05, 4.69) is 5.16 Å². The lowest BCUT2D eigenvalue weighted by Crippen LogP contribution is -2.40. The zero-order valence-corrected chi connectivity index (χ0v) is 12.7. The molecule has 1 atom stereocenters. The van der Waals surface area contributed by atoms with Crippen molar-refractivity contribution in [2.45, 2.75) is 20.3 Å². The molecule has 0 spiro atoms. The van der Waals surface area contributed by atoms with Crippen LogP contribution in [0.15, 0.2) is 10.6 Å². The van der Waals surface area contributed by atoms with Gasteiger partial charge in [0.25, 0.3) is 5.91 Å². The third-order valence-electron chi connectivity index (χ3n) is 3.79. The van der Waals surface area contributed by atoms with Gasteiger partial charge < -0.3 is 20.1 Å². The Morgan fingerprint density at radius 3 is 2.50 bits per heavy atom. The first-order valence-electron chi connectivity index (χ1n) is 7.22. The first kappa shape index (κ1) is 16.0. The van der Waals surface area contributed by atoms with E-state index in [1.165, 1.54) is 16.7 Å². The summed E-state index contributed by atoms with van der Waals surface area (Å²) in [6, 6.07) is 1.59. The van der Waals surface area contributed by atoms with Gasteiger partial charge in [0, 0.05) is 39.2 Å². The SMILES string of the molecule is CCc1cc(C(=O)N2CCN(C(C)=O)C[C@H](C(N)=O)C2)on1. The first-order valence-corrected chi connectivity index (χ1v) is 7.22. The maximum absolute atomic E-state index is 12.5. The molecule has 120 valence electrons. The molecule has 0 unspecified atom stereocenters. The minimum absolute atomic E-state index is 0.136. The number of aryl methyl sites for hydroxylation is 1. The molecule has 8 heteroatoms. The maximum Gasteiger partial charge on any atom is 0.292 e. The minimum atomic E-state index is -0.594. The smallest absolute Gasteiger partial charge is 0.292 e. The van der Waals surface area contributed by atoms with Crippen LogP contribution in [0.5, 0.6) is 0 Å². The number of carbonyl (C=O) groups is 3. The molecule has 22 heavy (non-hydrogen) atoms. The summed E-state index contributed by atoms with van der Waals surface area (Å²) in [6.07, 6.45) is 0.665. The van der Waals surface area contributed by atoms with Crippen molar-refractivity contribution in [2.24, 2.45) is 11.7 Å². The first-order chi connectivity index (χ1) is 10.4. The van der Waals surface area contributed by atoms with Crippen LogP contribution >= 0.6 is 0 Å². The summed E-state index contributed by atoms with van der Waals surface area (Å²) in [4.78, 5) is 38.6. The molecule has 0 radical (unpaired) electrons. The number of nitrogens with two attached hydrogens (primary N) is 1. The number of nitrogens with zero attached hydrogens (tertiary/aromatic N) is 3. The Labute approximate surface area is 128 Å². The molecule has 1 aromatic heterocycles. The number of rotatable bonds is 3. The summed E-state index contributed by atoms with van der Waals surface area (Å²) in [5, 5.41) is 3.79. The highest BCUT2D eigenvalue weighted by atomic mass is 16.5. The van der Waals surface area contributed by atoms with Crippen LogP contribution in [-0.4, -0.2) is 58.9 Å². The number of primary amides is 1. The highest BCUT2D eigenvalue weighted by molar-refractivity contribution is 5.92. The van der Waals surface area contributed by atoms with Crippen LogP contribution in [0, 0.1) is 5.92 Å². The van der Waals surface area contributed by atoms with Crippen molar-refractivity contribution in [2.75, 3.05) is 26.2 Å². The van der Waals surface area contributed by atoms with Gasteiger partial charge in [0.05, 0.1) is 11.6 Å². The van der Waals surface area contributed by atoms with E-state index in [4.69, 9.17) is 10.3 Å². The lowest BCUT2D eigenvalue weighted by atomic mass is 10.1. The predicted molar refractivity (Wildman–Crippen MR) is 76.7 cm³/mol. The maximum atomic E-state index is 12.5. The Kier molecular flexibility index (Phi) is 4.79. The number of hydrogen-bond acceptors (Lipinski definition) is 5. The average Bonchev–Trinajstić information content (AvgIpc) is 2.83. The van der Waals surface area contributed by atoms with E-state index < -0.39 is 11.8 Å². The summed E-state index contributed by atoms with van der Waals surface area (Å²) in [5.74, 6) is -1.48. The second-order valence-corrected chi connectivity index (χ2v) is 5.35. The van der Waals surface area contributed by atoms with E-state index in [1.807, 2.05) is 6.92 Å². The van der Waals surface area contributed by atoms with Crippen molar-refractivity contribution >= 4 is 17.7 Å². The van der Waals surface area contributed by atoms with E-state index in [-0.39, 0.29) is 30.7 Å². The Morgan fingerprint density at radius 2 is 1.95 bits per heavy atom. The molecule has 3 amide bonds. The van der Waals surface area contributed by atoms with Crippen LogP contribution in [0.25, 0.3) is 0 Å². The summed E-state index contributed by atoms with van der Waals surface area (Å²) in [5.41, 5.74) is 6.06. The van der Waals surface area contributed by atoms with Crippen molar-refractivity contribution in [3.8, 4) is 0 Å². The molecule has 8 nitrogen and oxygen atoms in total. The fraction of sp³-hybridized carbons (Fsp3) is 0.571. The molecule has 2 N–H and O–H groups in total. The standard InChI is InChI=1S/C14H20N4O4/c1-3-11-6-12(22-16-11)14(21)18-5-4-17(9(2)19)7-10(8-18)13(15)20/h6,10H,3-5,7-8H2,1-2H3,(H2,15,20)/t10-/m0/s1. The Balaban J connectivity index is 2.17. The summed E-state index contributed by atoms with van der Waals surface area (Å²) >= 11 is 0. The van der Waals surface area contributed by atoms with Gasteiger partial charge in [-0.1, -0.05) is 12.1 Å². The summed E-state index contributed by atoms with van der Waals surface area (Å²) in [7, 11) is 0. The minimum Gasteiger partial charge on any atom is -0.369 e. The van der Waals surface area contributed by atoms with Gasteiger partial charge in [-0.15, -0.1) is 0 Å².